The number of pyridine rings is 1. The molecular weight excluding hydrogens is 556 g/mol. The molecule has 1 aliphatic rings. The fourth-order valence-corrected chi connectivity index (χ4v) is 5.62. The summed E-state index contributed by atoms with van der Waals surface area (Å²) in [4.78, 5) is 32.0. The van der Waals surface area contributed by atoms with E-state index in [0.717, 1.165) is 40.4 Å². The highest BCUT2D eigenvalue weighted by atomic mass is 79.9. The summed E-state index contributed by atoms with van der Waals surface area (Å²) < 4.78 is 0.834. The average Bonchev–Trinajstić information content (AvgIpc) is 2.88. The topological polar surface area (TPSA) is 106 Å². The van der Waals surface area contributed by atoms with E-state index in [2.05, 4.69) is 32.2 Å². The van der Waals surface area contributed by atoms with Gasteiger partial charge in [-0.3, -0.25) is 9.59 Å². The van der Waals surface area contributed by atoms with E-state index in [-0.39, 0.29) is 30.7 Å². The minimum absolute atomic E-state index is 0.0326. The molecule has 192 valence electrons. The van der Waals surface area contributed by atoms with E-state index >= 15 is 0 Å². The van der Waals surface area contributed by atoms with Crippen LogP contribution in [0, 0.1) is 24.2 Å². The van der Waals surface area contributed by atoms with Gasteiger partial charge in [0.1, 0.15) is 5.82 Å². The quantitative estimate of drug-likeness (QED) is 0.333. The number of amides is 1. The fourth-order valence-electron chi connectivity index (χ4n) is 4.97. The van der Waals surface area contributed by atoms with Gasteiger partial charge in [-0.25, -0.2) is 4.98 Å². The second-order valence-corrected chi connectivity index (χ2v) is 10.7. The summed E-state index contributed by atoms with van der Waals surface area (Å²) in [5.41, 5.74) is 2.78. The number of fused-ring (bicyclic) bond motifs is 1. The van der Waals surface area contributed by atoms with Crippen molar-refractivity contribution in [2.24, 2.45) is 5.92 Å². The lowest BCUT2D eigenvalue weighted by molar-refractivity contribution is -0.137. The van der Waals surface area contributed by atoms with Crippen molar-refractivity contribution in [2.75, 3.05) is 24.5 Å². The standard InChI is InChI=1S/C28H28BrClN4O3/c1-17-26(28(37)32-15-19(8-11-25(35)36)21-6-2-3-7-23(21)30)22-13-20(29)9-10-24(22)33-27(17)34-12-4-5-18(14-31)16-34/h2-3,6-7,9-10,13,18-19H,4-5,8,11-12,15-16H2,1H3,(H,32,37)(H,35,36). The first-order valence-electron chi connectivity index (χ1n) is 12.3. The van der Waals surface area contributed by atoms with Gasteiger partial charge in [0.2, 0.25) is 0 Å². The van der Waals surface area contributed by atoms with E-state index in [1.54, 1.807) is 6.07 Å². The van der Waals surface area contributed by atoms with Crippen molar-refractivity contribution in [1.29, 1.82) is 5.26 Å². The van der Waals surface area contributed by atoms with Crippen LogP contribution in [0.4, 0.5) is 5.82 Å². The molecule has 0 bridgehead atoms. The van der Waals surface area contributed by atoms with E-state index in [1.165, 1.54) is 0 Å². The molecule has 2 N–H and O–H groups in total. The summed E-state index contributed by atoms with van der Waals surface area (Å²) in [5.74, 6) is -0.768. The third kappa shape index (κ3) is 6.23. The zero-order chi connectivity index (χ0) is 26.5. The minimum Gasteiger partial charge on any atom is -0.481 e. The summed E-state index contributed by atoms with van der Waals surface area (Å²) in [6.45, 7) is 3.49. The first kappa shape index (κ1) is 26.9. The van der Waals surface area contributed by atoms with Gasteiger partial charge in [0.05, 0.1) is 23.1 Å². The first-order valence-corrected chi connectivity index (χ1v) is 13.4. The van der Waals surface area contributed by atoms with Gasteiger partial charge in [-0.1, -0.05) is 45.7 Å². The van der Waals surface area contributed by atoms with Crippen molar-refractivity contribution in [3.63, 3.8) is 0 Å². The number of rotatable bonds is 8. The molecule has 1 saturated heterocycles. The maximum absolute atomic E-state index is 13.7. The zero-order valence-electron chi connectivity index (χ0n) is 20.5. The molecule has 1 amide bonds. The molecule has 2 unspecified atom stereocenters. The summed E-state index contributed by atoms with van der Waals surface area (Å²) in [6, 6.07) is 15.3. The van der Waals surface area contributed by atoms with E-state index in [9.17, 15) is 20.0 Å². The number of carbonyl (C=O) groups excluding carboxylic acids is 1. The molecule has 1 fully saturated rings. The number of nitrogens with one attached hydrogen (secondary N) is 1. The molecule has 7 nitrogen and oxygen atoms in total. The van der Waals surface area contributed by atoms with Gasteiger partial charge in [-0.2, -0.15) is 5.26 Å². The van der Waals surface area contributed by atoms with Crippen LogP contribution in [-0.4, -0.2) is 41.6 Å². The number of nitrogens with zero attached hydrogens (tertiary/aromatic N) is 3. The van der Waals surface area contributed by atoms with Crippen LogP contribution in [0.1, 0.15) is 53.1 Å². The molecule has 1 aromatic heterocycles. The summed E-state index contributed by atoms with van der Waals surface area (Å²) in [7, 11) is 0. The molecule has 0 radical (unpaired) electrons. The van der Waals surface area contributed by atoms with Gasteiger partial charge < -0.3 is 15.3 Å². The van der Waals surface area contributed by atoms with E-state index < -0.39 is 5.97 Å². The highest BCUT2D eigenvalue weighted by Gasteiger charge is 2.26. The van der Waals surface area contributed by atoms with Gasteiger partial charge in [0.25, 0.3) is 5.91 Å². The van der Waals surface area contributed by atoms with Crippen molar-refractivity contribution in [3.05, 3.63) is 68.7 Å². The van der Waals surface area contributed by atoms with Gasteiger partial charge in [0.15, 0.2) is 0 Å². The molecule has 1 aliphatic heterocycles. The number of nitriles is 1. The molecule has 0 aliphatic carbocycles. The number of carbonyl (C=O) groups is 2. The van der Waals surface area contributed by atoms with Crippen molar-refractivity contribution in [2.45, 2.75) is 38.5 Å². The Balaban J connectivity index is 1.68. The van der Waals surface area contributed by atoms with Crippen LogP contribution in [0.3, 0.4) is 0 Å². The monoisotopic (exact) mass is 582 g/mol. The van der Waals surface area contributed by atoms with Crippen LogP contribution < -0.4 is 10.2 Å². The van der Waals surface area contributed by atoms with Crippen LogP contribution in [0.15, 0.2) is 46.9 Å². The van der Waals surface area contributed by atoms with E-state index in [4.69, 9.17) is 16.6 Å². The van der Waals surface area contributed by atoms with E-state index in [1.807, 2.05) is 43.3 Å². The number of carboxylic acid groups (broad SMARTS) is 1. The maximum Gasteiger partial charge on any atom is 0.303 e. The largest absolute Gasteiger partial charge is 0.481 e. The van der Waals surface area contributed by atoms with Gasteiger partial charge >= 0.3 is 5.97 Å². The fraction of sp³-hybridized carbons (Fsp3) is 0.357. The van der Waals surface area contributed by atoms with Gasteiger partial charge in [-0.05, 0) is 56.0 Å². The molecule has 0 spiro atoms. The van der Waals surface area contributed by atoms with Crippen LogP contribution in [0.2, 0.25) is 5.02 Å². The number of benzene rings is 2. The summed E-state index contributed by atoms with van der Waals surface area (Å²) in [5, 5.41) is 23.0. The Morgan fingerprint density at radius 2 is 2.11 bits per heavy atom. The van der Waals surface area contributed by atoms with Crippen LogP contribution in [-0.2, 0) is 4.79 Å². The van der Waals surface area contributed by atoms with Crippen LogP contribution >= 0.6 is 27.5 Å². The second kappa shape index (κ2) is 11.9. The summed E-state index contributed by atoms with van der Waals surface area (Å²) in [6.07, 6.45) is 2.06. The molecule has 37 heavy (non-hydrogen) atoms. The van der Waals surface area contributed by atoms with Crippen molar-refractivity contribution >= 4 is 56.1 Å². The lowest BCUT2D eigenvalue weighted by Crippen LogP contribution is -2.36. The van der Waals surface area contributed by atoms with Crippen molar-refractivity contribution in [3.8, 4) is 6.07 Å². The first-order chi connectivity index (χ1) is 17.8. The molecule has 2 aromatic carbocycles. The van der Waals surface area contributed by atoms with Crippen molar-refractivity contribution in [1.82, 2.24) is 10.3 Å². The molecule has 9 heteroatoms. The Kier molecular flexibility index (Phi) is 8.67. The summed E-state index contributed by atoms with van der Waals surface area (Å²) >= 11 is 9.93. The SMILES string of the molecule is Cc1c(N2CCCC(C#N)C2)nc2ccc(Br)cc2c1C(=O)NCC(CCC(=O)O)c1ccccc1Cl. The second-order valence-electron chi connectivity index (χ2n) is 9.37. The van der Waals surface area contributed by atoms with Crippen LogP contribution in [0.5, 0.6) is 0 Å². The highest BCUT2D eigenvalue weighted by molar-refractivity contribution is 9.10. The van der Waals surface area contributed by atoms with Crippen molar-refractivity contribution < 1.29 is 14.7 Å². The minimum atomic E-state index is -0.897. The lowest BCUT2D eigenvalue weighted by atomic mass is 9.93. The third-order valence-corrected chi connectivity index (χ3v) is 7.69. The Hall–Kier alpha value is -3.15. The number of carboxylic acids is 1. The molecule has 3 aromatic rings. The predicted molar refractivity (Wildman–Crippen MR) is 148 cm³/mol. The Morgan fingerprint density at radius 1 is 1.32 bits per heavy atom. The third-order valence-electron chi connectivity index (χ3n) is 6.86. The Morgan fingerprint density at radius 3 is 2.84 bits per heavy atom. The highest BCUT2D eigenvalue weighted by Crippen LogP contribution is 2.33. The zero-order valence-corrected chi connectivity index (χ0v) is 22.8. The number of piperidine rings is 1. The maximum atomic E-state index is 13.7. The molecule has 2 atom stereocenters. The van der Waals surface area contributed by atoms with Gasteiger partial charge in [-0.15, -0.1) is 0 Å². The van der Waals surface area contributed by atoms with Gasteiger partial charge in [0, 0.05) is 52.4 Å². The molecular formula is C28H28BrClN4O3. The number of hydrogen-bond acceptors (Lipinski definition) is 5. The molecule has 2 heterocycles. The Labute approximate surface area is 229 Å². The number of anilines is 1. The number of halogens is 2. The average molecular weight is 584 g/mol. The number of hydrogen-bond donors (Lipinski definition) is 2. The van der Waals surface area contributed by atoms with Crippen LogP contribution in [0.25, 0.3) is 10.9 Å². The van der Waals surface area contributed by atoms with E-state index in [0.29, 0.717) is 34.9 Å². The molecule has 0 saturated carbocycles. The Bertz CT molecular complexity index is 1370. The lowest BCUT2D eigenvalue weighted by Gasteiger charge is -2.32. The predicted octanol–water partition coefficient (Wildman–Crippen LogP) is 6.08. The number of aliphatic carboxylic acids is 1. The molecule has 4 rings (SSSR count). The number of aromatic nitrogens is 1. The normalized spacial score (nSPS) is 16.3. The smallest absolute Gasteiger partial charge is 0.303 e.